The quantitative estimate of drug-likeness (QED) is 0.495. The van der Waals surface area contributed by atoms with E-state index in [1.54, 1.807) is 0 Å². The van der Waals surface area contributed by atoms with Crippen molar-refractivity contribution in [1.82, 2.24) is 0 Å². The third-order valence-corrected chi connectivity index (χ3v) is 3.07. The Kier molecular flexibility index (Phi) is 5.38. The summed E-state index contributed by atoms with van der Waals surface area (Å²) in [6.45, 7) is 7.94. The molecule has 1 atom stereocenters. The summed E-state index contributed by atoms with van der Waals surface area (Å²) in [5, 5.41) is 0. The number of rotatable bonds is 6. The molecule has 0 fully saturated rings. The molecule has 1 rings (SSSR count). The van der Waals surface area contributed by atoms with Gasteiger partial charge in [-0.1, -0.05) is 26.7 Å². The molecule has 0 saturated heterocycles. The molecular formula is C14H24N+. The lowest BCUT2D eigenvalue weighted by molar-refractivity contribution is -0.697. The van der Waals surface area contributed by atoms with Gasteiger partial charge in [-0.15, -0.1) is 0 Å². The van der Waals surface area contributed by atoms with Gasteiger partial charge in [0.15, 0.2) is 12.4 Å². The van der Waals surface area contributed by atoms with Gasteiger partial charge in [-0.25, -0.2) is 4.57 Å². The molecule has 0 amide bonds. The Balaban J connectivity index is 2.20. The van der Waals surface area contributed by atoms with E-state index in [9.17, 15) is 0 Å². The molecule has 1 heteroatoms. The van der Waals surface area contributed by atoms with Crippen LogP contribution in [0.2, 0.25) is 0 Å². The second kappa shape index (κ2) is 6.60. The molecule has 15 heavy (non-hydrogen) atoms. The van der Waals surface area contributed by atoms with E-state index in [-0.39, 0.29) is 0 Å². The van der Waals surface area contributed by atoms with Gasteiger partial charge >= 0.3 is 0 Å². The van der Waals surface area contributed by atoms with Crippen molar-refractivity contribution in [3.63, 3.8) is 0 Å². The van der Waals surface area contributed by atoms with E-state index < -0.39 is 0 Å². The number of hydrogen-bond acceptors (Lipinski definition) is 0. The topological polar surface area (TPSA) is 3.88 Å². The highest BCUT2D eigenvalue weighted by molar-refractivity contribution is 5.01. The molecule has 0 N–H and O–H groups in total. The van der Waals surface area contributed by atoms with E-state index in [2.05, 4.69) is 49.9 Å². The zero-order valence-corrected chi connectivity index (χ0v) is 10.4. The Morgan fingerprint density at radius 2 is 2.13 bits per heavy atom. The third kappa shape index (κ3) is 4.96. The van der Waals surface area contributed by atoms with E-state index in [4.69, 9.17) is 0 Å². The molecule has 0 saturated carbocycles. The standard InChI is InChI=1S/C14H24N/c1-4-13(2)8-5-6-10-15-11-7-9-14(3)12-15/h7,9,11-13H,4-6,8,10H2,1-3H3/q+1. The number of aryl methyl sites for hydroxylation is 2. The largest absolute Gasteiger partial charge is 0.205 e. The maximum atomic E-state index is 2.35. The molecular weight excluding hydrogens is 182 g/mol. The number of nitrogens with zero attached hydrogens (tertiary/aromatic N) is 1. The van der Waals surface area contributed by atoms with Gasteiger partial charge in [0.2, 0.25) is 0 Å². The highest BCUT2D eigenvalue weighted by atomic mass is 14.9. The minimum Gasteiger partial charge on any atom is -0.205 e. The Hall–Kier alpha value is -0.850. The van der Waals surface area contributed by atoms with Crippen molar-refractivity contribution in [3.05, 3.63) is 30.1 Å². The van der Waals surface area contributed by atoms with Crippen LogP contribution in [-0.4, -0.2) is 0 Å². The number of aromatic nitrogens is 1. The number of pyridine rings is 1. The summed E-state index contributed by atoms with van der Waals surface area (Å²) in [4.78, 5) is 0. The Morgan fingerprint density at radius 1 is 1.33 bits per heavy atom. The fraction of sp³-hybridized carbons (Fsp3) is 0.643. The molecule has 1 heterocycles. The summed E-state index contributed by atoms with van der Waals surface area (Å²) in [6, 6.07) is 4.28. The minimum atomic E-state index is 0.896. The van der Waals surface area contributed by atoms with Crippen LogP contribution in [0.25, 0.3) is 0 Å². The van der Waals surface area contributed by atoms with Crippen molar-refractivity contribution in [3.8, 4) is 0 Å². The first-order chi connectivity index (χ1) is 7.22. The van der Waals surface area contributed by atoms with Gasteiger partial charge in [0.05, 0.1) is 0 Å². The normalized spacial score (nSPS) is 12.7. The van der Waals surface area contributed by atoms with Gasteiger partial charge in [-0.2, -0.15) is 0 Å². The first-order valence-corrected chi connectivity index (χ1v) is 6.18. The third-order valence-electron chi connectivity index (χ3n) is 3.07. The molecule has 0 aliphatic carbocycles. The second-order valence-electron chi connectivity index (χ2n) is 4.63. The highest BCUT2D eigenvalue weighted by Gasteiger charge is 2.02. The SMILES string of the molecule is CCC(C)CCCC[n+]1cccc(C)c1. The fourth-order valence-electron chi connectivity index (χ4n) is 1.78. The van der Waals surface area contributed by atoms with E-state index in [1.165, 1.54) is 31.2 Å². The van der Waals surface area contributed by atoms with Crippen LogP contribution in [0.4, 0.5) is 0 Å². The molecule has 0 spiro atoms. The molecule has 0 aliphatic heterocycles. The van der Waals surface area contributed by atoms with Gasteiger partial charge in [0, 0.05) is 18.1 Å². The summed E-state index contributed by atoms with van der Waals surface area (Å²) in [5.41, 5.74) is 1.35. The monoisotopic (exact) mass is 206 g/mol. The van der Waals surface area contributed by atoms with E-state index in [1.807, 2.05) is 0 Å². The van der Waals surface area contributed by atoms with Crippen LogP contribution in [0.5, 0.6) is 0 Å². The van der Waals surface area contributed by atoms with Crippen LogP contribution < -0.4 is 4.57 Å². The summed E-state index contributed by atoms with van der Waals surface area (Å²) in [7, 11) is 0. The smallest absolute Gasteiger partial charge is 0.171 e. The van der Waals surface area contributed by atoms with Crippen molar-refractivity contribution < 1.29 is 4.57 Å². The predicted molar refractivity (Wildman–Crippen MR) is 64.7 cm³/mol. The van der Waals surface area contributed by atoms with Crippen molar-refractivity contribution in [2.75, 3.05) is 0 Å². The molecule has 0 aliphatic rings. The molecule has 1 nitrogen and oxygen atoms in total. The molecule has 84 valence electrons. The van der Waals surface area contributed by atoms with Crippen LogP contribution in [0.1, 0.15) is 45.1 Å². The molecule has 1 aromatic rings. The maximum absolute atomic E-state index is 2.35. The summed E-state index contributed by atoms with van der Waals surface area (Å²) < 4.78 is 2.30. The van der Waals surface area contributed by atoms with Crippen LogP contribution in [0.3, 0.4) is 0 Å². The van der Waals surface area contributed by atoms with Crippen molar-refractivity contribution in [2.45, 2.75) is 53.0 Å². The van der Waals surface area contributed by atoms with Crippen molar-refractivity contribution in [2.24, 2.45) is 5.92 Å². The van der Waals surface area contributed by atoms with Crippen LogP contribution >= 0.6 is 0 Å². The summed E-state index contributed by atoms with van der Waals surface area (Å²) >= 11 is 0. The molecule has 0 bridgehead atoms. The lowest BCUT2D eigenvalue weighted by Gasteiger charge is -2.06. The zero-order chi connectivity index (χ0) is 11.1. The minimum absolute atomic E-state index is 0.896. The lowest BCUT2D eigenvalue weighted by atomic mass is 10.0. The van der Waals surface area contributed by atoms with Crippen molar-refractivity contribution >= 4 is 0 Å². The highest BCUT2D eigenvalue weighted by Crippen LogP contribution is 2.10. The number of unbranched alkanes of at least 4 members (excludes halogenated alkanes) is 1. The molecule has 0 radical (unpaired) electrons. The van der Waals surface area contributed by atoms with Gasteiger partial charge in [-0.3, -0.25) is 0 Å². The van der Waals surface area contributed by atoms with E-state index in [0.717, 1.165) is 12.5 Å². The van der Waals surface area contributed by atoms with Gasteiger partial charge in [0.1, 0.15) is 6.54 Å². The maximum Gasteiger partial charge on any atom is 0.171 e. The number of hydrogen-bond donors (Lipinski definition) is 0. The van der Waals surface area contributed by atoms with Crippen LogP contribution in [0, 0.1) is 12.8 Å². The van der Waals surface area contributed by atoms with Crippen LogP contribution in [0.15, 0.2) is 24.5 Å². The van der Waals surface area contributed by atoms with Crippen LogP contribution in [-0.2, 0) is 6.54 Å². The van der Waals surface area contributed by atoms with E-state index in [0.29, 0.717) is 0 Å². The zero-order valence-electron chi connectivity index (χ0n) is 10.4. The van der Waals surface area contributed by atoms with Crippen molar-refractivity contribution in [1.29, 1.82) is 0 Å². The molecule has 1 aromatic heterocycles. The summed E-state index contributed by atoms with van der Waals surface area (Å²) in [5.74, 6) is 0.896. The van der Waals surface area contributed by atoms with Gasteiger partial charge < -0.3 is 0 Å². The Labute approximate surface area is 94.1 Å². The van der Waals surface area contributed by atoms with E-state index >= 15 is 0 Å². The molecule has 1 unspecified atom stereocenters. The first kappa shape index (κ1) is 12.2. The first-order valence-electron chi connectivity index (χ1n) is 6.18. The molecule has 0 aromatic carbocycles. The van der Waals surface area contributed by atoms with Gasteiger partial charge in [-0.05, 0) is 25.3 Å². The fourth-order valence-corrected chi connectivity index (χ4v) is 1.78. The Morgan fingerprint density at radius 3 is 2.80 bits per heavy atom. The Bertz CT molecular complexity index is 280. The average Bonchev–Trinajstić information content (AvgIpc) is 2.24. The predicted octanol–water partition coefficient (Wildman–Crippen LogP) is 3.50. The summed E-state index contributed by atoms with van der Waals surface area (Å²) in [6.07, 6.45) is 9.74. The van der Waals surface area contributed by atoms with Gasteiger partial charge in [0.25, 0.3) is 0 Å². The second-order valence-corrected chi connectivity index (χ2v) is 4.63. The average molecular weight is 206 g/mol. The lowest BCUT2D eigenvalue weighted by Crippen LogP contribution is -2.32.